The van der Waals surface area contributed by atoms with Gasteiger partial charge in [-0.1, -0.05) is 0 Å². The number of fused-ring (bicyclic) bond motifs is 1. The third-order valence-electron chi connectivity index (χ3n) is 2.56. The average molecular weight is 313 g/mol. The van der Waals surface area contributed by atoms with Gasteiger partial charge < -0.3 is 14.4 Å². The molecular weight excluding hydrogens is 304 g/mol. The van der Waals surface area contributed by atoms with Gasteiger partial charge in [-0.05, 0) is 22.0 Å². The van der Waals surface area contributed by atoms with Gasteiger partial charge in [0.25, 0.3) is 5.56 Å². The fourth-order valence-electron chi connectivity index (χ4n) is 1.65. The molecule has 0 aliphatic carbocycles. The Labute approximate surface area is 110 Å². The van der Waals surface area contributed by atoms with Crippen molar-refractivity contribution in [3.8, 4) is 5.75 Å². The molecule has 0 unspecified atom stereocenters. The quantitative estimate of drug-likeness (QED) is 0.800. The van der Waals surface area contributed by atoms with Crippen LogP contribution in [0.2, 0.25) is 0 Å². The standard InChI is InChI=1S/C11H9BrN2O4/c1-14-6-3-5(12)4-13-8(6)9(15)7(10(14)16)11(17)18-2/h3-4,15H,1-2H3. The molecule has 0 aliphatic heterocycles. The first kappa shape index (κ1) is 12.6. The number of carbonyl (C=O) groups is 1. The van der Waals surface area contributed by atoms with Crippen LogP contribution in [0, 0.1) is 0 Å². The van der Waals surface area contributed by atoms with Crippen LogP contribution < -0.4 is 5.56 Å². The van der Waals surface area contributed by atoms with Crippen molar-refractivity contribution < 1.29 is 14.6 Å². The maximum absolute atomic E-state index is 12.0. The van der Waals surface area contributed by atoms with Crippen molar-refractivity contribution in [2.45, 2.75) is 0 Å². The lowest BCUT2D eigenvalue weighted by Crippen LogP contribution is -2.25. The minimum atomic E-state index is -0.889. The lowest BCUT2D eigenvalue weighted by atomic mass is 10.2. The van der Waals surface area contributed by atoms with Gasteiger partial charge in [-0.15, -0.1) is 0 Å². The van der Waals surface area contributed by atoms with E-state index in [0.29, 0.717) is 9.99 Å². The summed E-state index contributed by atoms with van der Waals surface area (Å²) >= 11 is 3.23. The number of esters is 1. The van der Waals surface area contributed by atoms with Gasteiger partial charge in [0.1, 0.15) is 5.52 Å². The van der Waals surface area contributed by atoms with Crippen LogP contribution in [0.5, 0.6) is 5.75 Å². The zero-order valence-electron chi connectivity index (χ0n) is 9.60. The van der Waals surface area contributed by atoms with Crippen LogP contribution in [0.25, 0.3) is 11.0 Å². The third-order valence-corrected chi connectivity index (χ3v) is 3.00. The summed E-state index contributed by atoms with van der Waals surface area (Å²) in [4.78, 5) is 27.5. The number of carbonyl (C=O) groups excluding carboxylic acids is 1. The summed E-state index contributed by atoms with van der Waals surface area (Å²) in [7, 11) is 2.63. The lowest BCUT2D eigenvalue weighted by molar-refractivity contribution is 0.0595. The molecule has 2 aromatic rings. The molecule has 0 amide bonds. The topological polar surface area (TPSA) is 81.4 Å². The molecule has 2 heterocycles. The summed E-state index contributed by atoms with van der Waals surface area (Å²) in [6, 6.07) is 1.63. The molecule has 0 aromatic carbocycles. The smallest absolute Gasteiger partial charge is 0.347 e. The van der Waals surface area contributed by atoms with E-state index in [1.54, 1.807) is 6.07 Å². The SMILES string of the molecule is COC(=O)c1c(O)c2ncc(Br)cc2n(C)c1=O. The number of hydrogen-bond acceptors (Lipinski definition) is 5. The molecule has 0 fully saturated rings. The summed E-state index contributed by atoms with van der Waals surface area (Å²) in [6.45, 7) is 0. The summed E-state index contributed by atoms with van der Waals surface area (Å²) in [5.74, 6) is -1.35. The van der Waals surface area contributed by atoms with Gasteiger partial charge in [0, 0.05) is 17.7 Å². The number of rotatable bonds is 1. The Hall–Kier alpha value is -1.89. The van der Waals surface area contributed by atoms with Crippen LogP contribution in [0.3, 0.4) is 0 Å². The van der Waals surface area contributed by atoms with E-state index in [0.717, 1.165) is 7.11 Å². The first-order valence-corrected chi connectivity index (χ1v) is 5.72. The van der Waals surface area contributed by atoms with Crippen LogP contribution >= 0.6 is 15.9 Å². The summed E-state index contributed by atoms with van der Waals surface area (Å²) < 4.78 is 6.37. The van der Waals surface area contributed by atoms with Crippen LogP contribution in [-0.2, 0) is 11.8 Å². The molecular formula is C11H9BrN2O4. The van der Waals surface area contributed by atoms with Gasteiger partial charge in [0.15, 0.2) is 11.3 Å². The van der Waals surface area contributed by atoms with Crippen LogP contribution in [0.4, 0.5) is 0 Å². The second-order valence-corrected chi connectivity index (χ2v) is 4.52. The number of aromatic nitrogens is 2. The molecule has 0 spiro atoms. The Kier molecular flexibility index (Phi) is 3.08. The van der Waals surface area contributed by atoms with Gasteiger partial charge >= 0.3 is 5.97 Å². The molecule has 6 nitrogen and oxygen atoms in total. The summed E-state index contributed by atoms with van der Waals surface area (Å²) in [5, 5.41) is 9.96. The molecule has 2 rings (SSSR count). The molecule has 7 heteroatoms. The highest BCUT2D eigenvalue weighted by molar-refractivity contribution is 9.10. The Morgan fingerprint density at radius 3 is 2.83 bits per heavy atom. The van der Waals surface area contributed by atoms with Crippen molar-refractivity contribution in [3.63, 3.8) is 0 Å². The second-order valence-electron chi connectivity index (χ2n) is 3.60. The molecule has 0 saturated carbocycles. The fraction of sp³-hybridized carbons (Fsp3) is 0.182. The Bertz CT molecular complexity index is 708. The Balaban J connectivity index is 2.97. The van der Waals surface area contributed by atoms with Crippen molar-refractivity contribution in [2.75, 3.05) is 7.11 Å². The summed E-state index contributed by atoms with van der Waals surface area (Å²) in [5.41, 5.74) is -0.464. The third kappa shape index (κ3) is 1.76. The van der Waals surface area contributed by atoms with Gasteiger partial charge in [0.2, 0.25) is 0 Å². The summed E-state index contributed by atoms with van der Waals surface area (Å²) in [6.07, 6.45) is 1.47. The van der Waals surface area contributed by atoms with Crippen molar-refractivity contribution in [1.29, 1.82) is 0 Å². The zero-order chi connectivity index (χ0) is 13.4. The minimum absolute atomic E-state index is 0.167. The predicted molar refractivity (Wildman–Crippen MR) is 67.7 cm³/mol. The monoisotopic (exact) mass is 312 g/mol. The molecule has 18 heavy (non-hydrogen) atoms. The number of ether oxygens (including phenoxy) is 1. The number of pyridine rings is 2. The van der Waals surface area contributed by atoms with Crippen LogP contribution in [-0.4, -0.2) is 27.7 Å². The zero-order valence-corrected chi connectivity index (χ0v) is 11.2. The van der Waals surface area contributed by atoms with Crippen LogP contribution in [0.15, 0.2) is 21.5 Å². The molecule has 0 aliphatic rings. The van der Waals surface area contributed by atoms with E-state index in [1.807, 2.05) is 0 Å². The van der Waals surface area contributed by atoms with E-state index in [9.17, 15) is 14.7 Å². The maximum atomic E-state index is 12.0. The fourth-order valence-corrected chi connectivity index (χ4v) is 1.97. The van der Waals surface area contributed by atoms with Gasteiger partial charge in [0.05, 0.1) is 12.6 Å². The van der Waals surface area contributed by atoms with Crippen LogP contribution in [0.1, 0.15) is 10.4 Å². The molecule has 2 aromatic heterocycles. The van der Waals surface area contributed by atoms with Crippen molar-refractivity contribution in [1.82, 2.24) is 9.55 Å². The lowest BCUT2D eigenvalue weighted by Gasteiger charge is -2.09. The average Bonchev–Trinajstić information content (AvgIpc) is 2.35. The van der Waals surface area contributed by atoms with Gasteiger partial charge in [-0.2, -0.15) is 0 Å². The number of nitrogens with zero attached hydrogens (tertiary/aromatic N) is 2. The highest BCUT2D eigenvalue weighted by Gasteiger charge is 2.22. The normalized spacial score (nSPS) is 10.6. The minimum Gasteiger partial charge on any atom is -0.505 e. The molecule has 0 radical (unpaired) electrons. The van der Waals surface area contributed by atoms with Crippen molar-refractivity contribution in [3.05, 3.63) is 32.7 Å². The Morgan fingerprint density at radius 2 is 2.22 bits per heavy atom. The second kappa shape index (κ2) is 4.41. The number of aryl methyl sites for hydroxylation is 1. The number of halogens is 1. The van der Waals surface area contributed by atoms with Crippen molar-refractivity contribution >= 4 is 32.9 Å². The van der Waals surface area contributed by atoms with Gasteiger partial charge in [-0.3, -0.25) is 4.79 Å². The maximum Gasteiger partial charge on any atom is 0.347 e. The number of methoxy groups -OCH3 is 1. The predicted octanol–water partition coefficient (Wildman–Crippen LogP) is 1.19. The van der Waals surface area contributed by atoms with Gasteiger partial charge in [-0.25, -0.2) is 9.78 Å². The first-order chi connectivity index (χ1) is 8.47. The largest absolute Gasteiger partial charge is 0.505 e. The molecule has 0 saturated heterocycles. The highest BCUT2D eigenvalue weighted by atomic mass is 79.9. The highest BCUT2D eigenvalue weighted by Crippen LogP contribution is 2.26. The number of aromatic hydroxyl groups is 1. The van der Waals surface area contributed by atoms with Crippen molar-refractivity contribution in [2.24, 2.45) is 7.05 Å². The van der Waals surface area contributed by atoms with E-state index in [4.69, 9.17) is 0 Å². The van der Waals surface area contributed by atoms with E-state index >= 15 is 0 Å². The number of hydrogen-bond donors (Lipinski definition) is 1. The molecule has 94 valence electrons. The van der Waals surface area contributed by atoms with E-state index < -0.39 is 22.8 Å². The van der Waals surface area contributed by atoms with E-state index in [2.05, 4.69) is 25.7 Å². The first-order valence-electron chi connectivity index (χ1n) is 4.93. The van der Waals surface area contributed by atoms with E-state index in [1.165, 1.54) is 17.8 Å². The molecule has 0 bridgehead atoms. The molecule has 1 N–H and O–H groups in total. The Morgan fingerprint density at radius 1 is 1.56 bits per heavy atom. The van der Waals surface area contributed by atoms with E-state index in [-0.39, 0.29) is 5.52 Å². The molecule has 0 atom stereocenters.